The summed E-state index contributed by atoms with van der Waals surface area (Å²) in [5, 5.41) is 0. The van der Waals surface area contributed by atoms with Crippen LogP contribution in [0, 0.1) is 0 Å². The molecular weight excluding hydrogens is 216 g/mol. The minimum absolute atomic E-state index is 0. The van der Waals surface area contributed by atoms with Gasteiger partial charge in [-0.2, -0.15) is 8.42 Å². The number of rotatable bonds is 0. The van der Waals surface area contributed by atoms with Crippen LogP contribution in [0.25, 0.3) is 0 Å². The molecule has 0 spiro atoms. The van der Waals surface area contributed by atoms with Crippen molar-refractivity contribution in [1.29, 1.82) is 0 Å². The van der Waals surface area contributed by atoms with Gasteiger partial charge in [0.25, 0.3) is 0 Å². The van der Waals surface area contributed by atoms with Crippen molar-refractivity contribution < 1.29 is 41.7 Å². The van der Waals surface area contributed by atoms with E-state index in [9.17, 15) is 0 Å². The SMILES string of the molecule is Cl.F.O=S(=O)(O)O.[Zn]. The van der Waals surface area contributed by atoms with Crippen molar-refractivity contribution in [3.8, 4) is 0 Å². The van der Waals surface area contributed by atoms with Gasteiger partial charge in [0.05, 0.1) is 0 Å². The van der Waals surface area contributed by atoms with Gasteiger partial charge in [-0.05, 0) is 0 Å². The molecule has 2 N–H and O–H groups in total. The van der Waals surface area contributed by atoms with E-state index in [2.05, 4.69) is 0 Å². The van der Waals surface area contributed by atoms with Gasteiger partial charge in [0, 0.05) is 19.5 Å². The Kier molecular flexibility index (Phi) is 22.5. The zero-order valence-electron chi connectivity index (χ0n) is 3.64. The van der Waals surface area contributed by atoms with Crippen LogP contribution in [0.3, 0.4) is 0 Å². The molecule has 0 aromatic carbocycles. The quantitative estimate of drug-likeness (QED) is 0.442. The second-order valence-corrected chi connectivity index (χ2v) is 1.34. The molecule has 0 aliphatic carbocycles. The van der Waals surface area contributed by atoms with E-state index in [1.807, 2.05) is 0 Å². The first-order chi connectivity index (χ1) is 2.00. The van der Waals surface area contributed by atoms with Crippen LogP contribution in [0.15, 0.2) is 0 Å². The molecule has 0 heterocycles. The molecule has 50 valence electrons. The van der Waals surface area contributed by atoms with Crippen LogP contribution in [0.4, 0.5) is 4.70 Å². The minimum atomic E-state index is -4.67. The Hall–Kier alpha value is 0.713. The second kappa shape index (κ2) is 7.71. The van der Waals surface area contributed by atoms with Crippen LogP contribution in [0.2, 0.25) is 0 Å². The smallest absolute Gasteiger partial charge is 0.269 e. The van der Waals surface area contributed by atoms with Crippen molar-refractivity contribution in [2.45, 2.75) is 0 Å². The third kappa shape index (κ3) is 431. The van der Waals surface area contributed by atoms with Crippen LogP contribution in [-0.2, 0) is 29.9 Å². The van der Waals surface area contributed by atoms with Gasteiger partial charge in [-0.3, -0.25) is 13.8 Å². The first-order valence-corrected chi connectivity index (χ1v) is 2.10. The molecule has 0 radical (unpaired) electrons. The van der Waals surface area contributed by atoms with Crippen molar-refractivity contribution >= 4 is 22.8 Å². The van der Waals surface area contributed by atoms with Gasteiger partial charge in [-0.1, -0.05) is 0 Å². The van der Waals surface area contributed by atoms with E-state index >= 15 is 0 Å². The molecule has 0 saturated carbocycles. The summed E-state index contributed by atoms with van der Waals surface area (Å²) in [6.45, 7) is 0. The van der Waals surface area contributed by atoms with E-state index < -0.39 is 10.4 Å². The van der Waals surface area contributed by atoms with Gasteiger partial charge in [-0.15, -0.1) is 12.4 Å². The first-order valence-electron chi connectivity index (χ1n) is 0.698. The maximum atomic E-state index is 8.74. The largest absolute Gasteiger partial charge is 0.394 e. The summed E-state index contributed by atoms with van der Waals surface area (Å²) in [4.78, 5) is 0. The van der Waals surface area contributed by atoms with E-state index in [1.165, 1.54) is 0 Å². The summed E-state index contributed by atoms with van der Waals surface area (Å²) < 4.78 is 31.6. The zero-order chi connectivity index (χ0) is 4.50. The summed E-state index contributed by atoms with van der Waals surface area (Å²) in [5.74, 6) is 0. The van der Waals surface area contributed by atoms with Crippen molar-refractivity contribution in [1.82, 2.24) is 0 Å². The fourth-order valence-corrected chi connectivity index (χ4v) is 0. The molecule has 0 aliphatic rings. The molecule has 0 aromatic rings. The molecule has 0 fully saturated rings. The summed E-state index contributed by atoms with van der Waals surface area (Å²) in [5.41, 5.74) is 0. The fourth-order valence-electron chi connectivity index (χ4n) is 0. The molecule has 4 nitrogen and oxygen atoms in total. The molecule has 0 aromatic heterocycles. The molecule has 8 heavy (non-hydrogen) atoms. The molecule has 0 rings (SSSR count). The van der Waals surface area contributed by atoms with Gasteiger partial charge in [0.2, 0.25) is 0 Å². The number of hydrogen-bond donors (Lipinski definition) is 2. The standard InChI is InChI=1S/ClH.FH.H2O4S.Zn/c;;1-5(2,3)4;/h2*1H;(H2,1,2,3,4);. The normalized spacial score (nSPS) is 7.25. The van der Waals surface area contributed by atoms with E-state index in [-0.39, 0.29) is 36.6 Å². The fraction of sp³-hybridized carbons (Fsp3) is 0. The second-order valence-electron chi connectivity index (χ2n) is 0.448. The van der Waals surface area contributed by atoms with Crippen molar-refractivity contribution in [2.24, 2.45) is 0 Å². The van der Waals surface area contributed by atoms with Crippen LogP contribution >= 0.6 is 12.4 Å². The minimum Gasteiger partial charge on any atom is -0.269 e. The molecule has 0 bridgehead atoms. The van der Waals surface area contributed by atoms with Gasteiger partial charge in [0.15, 0.2) is 0 Å². The molecule has 8 heteroatoms. The summed E-state index contributed by atoms with van der Waals surface area (Å²) in [6, 6.07) is 0. The first kappa shape index (κ1) is 23.3. The summed E-state index contributed by atoms with van der Waals surface area (Å²) in [7, 11) is -4.67. The molecule has 0 atom stereocenters. The molecule has 0 aliphatic heterocycles. The van der Waals surface area contributed by atoms with Gasteiger partial charge in [-0.25, -0.2) is 0 Å². The average molecular weight is 220 g/mol. The molecule has 0 amide bonds. The van der Waals surface area contributed by atoms with Gasteiger partial charge < -0.3 is 0 Å². The Morgan fingerprint density at radius 2 is 1.12 bits per heavy atom. The third-order valence-corrected chi connectivity index (χ3v) is 0. The average Bonchev–Trinajstić information content (AvgIpc) is 0.722. The van der Waals surface area contributed by atoms with E-state index in [0.29, 0.717) is 0 Å². The Bertz CT molecular complexity index is 99.2. The number of halogens is 2. The van der Waals surface area contributed by atoms with E-state index in [1.54, 1.807) is 0 Å². The predicted molar refractivity (Wildman–Crippen MR) is 23.9 cm³/mol. The molecule has 0 saturated heterocycles. The van der Waals surface area contributed by atoms with Gasteiger partial charge in [0.1, 0.15) is 0 Å². The van der Waals surface area contributed by atoms with Crippen LogP contribution in [0.5, 0.6) is 0 Å². The monoisotopic (exact) mass is 218 g/mol. The maximum absolute atomic E-state index is 8.74. The Morgan fingerprint density at radius 3 is 1.12 bits per heavy atom. The van der Waals surface area contributed by atoms with Gasteiger partial charge >= 0.3 is 10.4 Å². The maximum Gasteiger partial charge on any atom is 0.394 e. The molecular formula is H4ClFO4SZn. The van der Waals surface area contributed by atoms with Crippen LogP contribution < -0.4 is 0 Å². The topological polar surface area (TPSA) is 74.6 Å². The van der Waals surface area contributed by atoms with E-state index in [0.717, 1.165) is 0 Å². The Balaban J connectivity index is -0.0000000267. The van der Waals surface area contributed by atoms with Crippen molar-refractivity contribution in [2.75, 3.05) is 0 Å². The van der Waals surface area contributed by atoms with Crippen molar-refractivity contribution in [3.05, 3.63) is 0 Å². The summed E-state index contributed by atoms with van der Waals surface area (Å²) in [6.07, 6.45) is 0. The summed E-state index contributed by atoms with van der Waals surface area (Å²) >= 11 is 0. The van der Waals surface area contributed by atoms with Crippen LogP contribution in [-0.4, -0.2) is 17.5 Å². The molecule has 0 unspecified atom stereocenters. The van der Waals surface area contributed by atoms with Crippen molar-refractivity contribution in [3.63, 3.8) is 0 Å². The predicted octanol–water partition coefficient (Wildman–Crippen LogP) is -0.0810. The Labute approximate surface area is 64.8 Å². The third-order valence-electron chi connectivity index (χ3n) is 0. The van der Waals surface area contributed by atoms with Crippen LogP contribution in [0.1, 0.15) is 0 Å². The number of hydrogen-bond acceptors (Lipinski definition) is 2. The van der Waals surface area contributed by atoms with E-state index in [4.69, 9.17) is 17.5 Å². The Morgan fingerprint density at radius 1 is 1.12 bits per heavy atom. The zero-order valence-corrected chi connectivity index (χ0v) is 8.24.